The molecular weight excluding hydrogens is 342 g/mol. The third-order valence-electron chi connectivity index (χ3n) is 3.41. The van der Waals surface area contributed by atoms with Crippen LogP contribution in [0, 0.1) is 6.92 Å². The van der Waals surface area contributed by atoms with Crippen molar-refractivity contribution < 1.29 is 13.9 Å². The molecule has 0 aliphatic rings. The number of nitrogens with zero attached hydrogens (tertiary/aromatic N) is 2. The molecule has 0 bridgehead atoms. The second-order valence-corrected chi connectivity index (χ2v) is 5.75. The third-order valence-corrected chi connectivity index (χ3v) is 3.66. The van der Waals surface area contributed by atoms with Gasteiger partial charge in [0.2, 0.25) is 11.8 Å². The minimum Gasteiger partial charge on any atom is -0.484 e. The van der Waals surface area contributed by atoms with Crippen LogP contribution in [0.15, 0.2) is 59.0 Å². The summed E-state index contributed by atoms with van der Waals surface area (Å²) in [7, 11) is 0. The van der Waals surface area contributed by atoms with Gasteiger partial charge in [-0.15, -0.1) is 10.2 Å². The molecule has 1 N–H and O–H groups in total. The van der Waals surface area contributed by atoms with Crippen molar-refractivity contribution in [3.63, 3.8) is 0 Å². The second kappa shape index (κ2) is 7.81. The first-order chi connectivity index (χ1) is 12.1. The summed E-state index contributed by atoms with van der Waals surface area (Å²) in [4.78, 5) is 12.3. The van der Waals surface area contributed by atoms with Gasteiger partial charge in [-0.2, -0.15) is 0 Å². The molecule has 6 nitrogen and oxygen atoms in total. The molecule has 0 aliphatic carbocycles. The standard InChI is InChI=1S/C18H16ClN3O3/c1-12-21-22-18(25-12)17(13-5-3-2-4-6-13)20-16(23)11-24-15-9-7-14(19)8-10-15/h2-10,17H,11H2,1H3,(H,20,23). The van der Waals surface area contributed by atoms with Gasteiger partial charge in [0.15, 0.2) is 6.61 Å². The van der Waals surface area contributed by atoms with Crippen molar-refractivity contribution in [3.05, 3.63) is 77.0 Å². The minimum atomic E-state index is -0.538. The van der Waals surface area contributed by atoms with Crippen molar-refractivity contribution in [2.75, 3.05) is 6.61 Å². The van der Waals surface area contributed by atoms with Gasteiger partial charge in [-0.05, 0) is 29.8 Å². The Morgan fingerprint density at radius 1 is 1.16 bits per heavy atom. The van der Waals surface area contributed by atoms with Crippen LogP contribution < -0.4 is 10.1 Å². The van der Waals surface area contributed by atoms with Crippen LogP contribution in [-0.4, -0.2) is 22.7 Å². The average molecular weight is 358 g/mol. The number of carbonyl (C=O) groups excluding carboxylic acids is 1. The first-order valence-corrected chi connectivity index (χ1v) is 8.02. The van der Waals surface area contributed by atoms with E-state index in [1.807, 2.05) is 30.3 Å². The van der Waals surface area contributed by atoms with Gasteiger partial charge in [-0.25, -0.2) is 0 Å². The van der Waals surface area contributed by atoms with E-state index in [0.717, 1.165) is 5.56 Å². The Kier molecular flexibility index (Phi) is 5.30. The van der Waals surface area contributed by atoms with Crippen molar-refractivity contribution in [2.24, 2.45) is 0 Å². The molecule has 1 heterocycles. The van der Waals surface area contributed by atoms with Crippen LogP contribution in [0.5, 0.6) is 5.75 Å². The summed E-state index contributed by atoms with van der Waals surface area (Å²) in [5.74, 6) is 1.01. The number of aromatic nitrogens is 2. The van der Waals surface area contributed by atoms with Crippen LogP contribution in [0.25, 0.3) is 0 Å². The largest absolute Gasteiger partial charge is 0.484 e. The third kappa shape index (κ3) is 4.58. The highest BCUT2D eigenvalue weighted by Gasteiger charge is 2.22. The molecule has 2 aromatic carbocycles. The zero-order valence-corrected chi connectivity index (χ0v) is 14.2. The van der Waals surface area contributed by atoms with Crippen molar-refractivity contribution in [1.82, 2.24) is 15.5 Å². The van der Waals surface area contributed by atoms with E-state index in [9.17, 15) is 4.79 Å². The smallest absolute Gasteiger partial charge is 0.258 e. The molecule has 0 spiro atoms. The van der Waals surface area contributed by atoms with E-state index in [1.54, 1.807) is 31.2 Å². The Bertz CT molecular complexity index is 834. The molecule has 0 radical (unpaired) electrons. The maximum Gasteiger partial charge on any atom is 0.258 e. The number of hydrogen-bond acceptors (Lipinski definition) is 5. The zero-order chi connectivity index (χ0) is 17.6. The highest BCUT2D eigenvalue weighted by Crippen LogP contribution is 2.21. The molecule has 1 aromatic heterocycles. The lowest BCUT2D eigenvalue weighted by atomic mass is 10.1. The lowest BCUT2D eigenvalue weighted by molar-refractivity contribution is -0.123. The molecule has 0 aliphatic heterocycles. The monoisotopic (exact) mass is 357 g/mol. The lowest BCUT2D eigenvalue weighted by Gasteiger charge is -2.16. The Morgan fingerprint density at radius 3 is 2.52 bits per heavy atom. The maximum atomic E-state index is 12.3. The van der Waals surface area contributed by atoms with Crippen LogP contribution in [0.4, 0.5) is 0 Å². The summed E-state index contributed by atoms with van der Waals surface area (Å²) in [6, 6.07) is 15.7. The van der Waals surface area contributed by atoms with Crippen molar-refractivity contribution in [2.45, 2.75) is 13.0 Å². The fraction of sp³-hybridized carbons (Fsp3) is 0.167. The van der Waals surface area contributed by atoms with Crippen molar-refractivity contribution >= 4 is 17.5 Å². The summed E-state index contributed by atoms with van der Waals surface area (Å²) in [6.45, 7) is 1.56. The topological polar surface area (TPSA) is 77.2 Å². The number of carbonyl (C=O) groups is 1. The Labute approximate surface area is 149 Å². The molecule has 1 atom stereocenters. The number of ether oxygens (including phenoxy) is 1. The Morgan fingerprint density at radius 2 is 1.88 bits per heavy atom. The number of nitrogens with one attached hydrogen (secondary N) is 1. The number of aryl methyl sites for hydroxylation is 1. The molecule has 25 heavy (non-hydrogen) atoms. The molecule has 7 heteroatoms. The molecule has 3 rings (SSSR count). The Balaban J connectivity index is 1.69. The van der Waals surface area contributed by atoms with Crippen molar-refractivity contribution in [3.8, 4) is 5.75 Å². The second-order valence-electron chi connectivity index (χ2n) is 5.31. The first kappa shape index (κ1) is 17.0. The average Bonchev–Trinajstić information content (AvgIpc) is 3.06. The summed E-state index contributed by atoms with van der Waals surface area (Å²) in [6.07, 6.45) is 0. The summed E-state index contributed by atoms with van der Waals surface area (Å²) < 4.78 is 10.9. The highest BCUT2D eigenvalue weighted by atomic mass is 35.5. The number of hydrogen-bond donors (Lipinski definition) is 1. The number of benzene rings is 2. The summed E-state index contributed by atoms with van der Waals surface area (Å²) >= 11 is 5.82. The highest BCUT2D eigenvalue weighted by molar-refractivity contribution is 6.30. The molecule has 0 saturated carbocycles. The van der Waals surface area contributed by atoms with Crippen molar-refractivity contribution in [1.29, 1.82) is 0 Å². The van der Waals surface area contributed by atoms with Gasteiger partial charge in [0.1, 0.15) is 11.8 Å². The lowest BCUT2D eigenvalue weighted by Crippen LogP contribution is -2.33. The van der Waals surface area contributed by atoms with Gasteiger partial charge >= 0.3 is 0 Å². The van der Waals surface area contributed by atoms with Gasteiger partial charge in [0.25, 0.3) is 5.91 Å². The molecule has 0 fully saturated rings. The van der Waals surface area contributed by atoms with E-state index in [0.29, 0.717) is 22.6 Å². The van der Waals surface area contributed by atoms with Gasteiger partial charge < -0.3 is 14.5 Å². The van der Waals surface area contributed by atoms with E-state index < -0.39 is 6.04 Å². The van der Waals surface area contributed by atoms with Crippen LogP contribution >= 0.6 is 11.6 Å². The van der Waals surface area contributed by atoms with E-state index in [2.05, 4.69) is 15.5 Å². The van der Waals surface area contributed by atoms with E-state index in [4.69, 9.17) is 20.8 Å². The predicted molar refractivity (Wildman–Crippen MR) is 92.4 cm³/mol. The molecule has 3 aromatic rings. The summed E-state index contributed by atoms with van der Waals surface area (Å²) in [5.41, 5.74) is 0.839. The predicted octanol–water partition coefficient (Wildman–Crippen LogP) is 3.32. The van der Waals surface area contributed by atoms with Gasteiger partial charge in [0, 0.05) is 11.9 Å². The van der Waals surface area contributed by atoms with E-state index >= 15 is 0 Å². The van der Waals surface area contributed by atoms with E-state index in [-0.39, 0.29) is 12.5 Å². The Hall–Kier alpha value is -2.86. The zero-order valence-electron chi connectivity index (χ0n) is 13.5. The van der Waals surface area contributed by atoms with Gasteiger partial charge in [-0.3, -0.25) is 4.79 Å². The van der Waals surface area contributed by atoms with Gasteiger partial charge in [-0.1, -0.05) is 41.9 Å². The number of rotatable bonds is 6. The molecule has 1 unspecified atom stereocenters. The normalized spacial score (nSPS) is 11.8. The fourth-order valence-electron chi connectivity index (χ4n) is 2.24. The van der Waals surface area contributed by atoms with Crippen LogP contribution in [0.3, 0.4) is 0 Å². The minimum absolute atomic E-state index is 0.141. The number of halogens is 1. The molecular formula is C18H16ClN3O3. The van der Waals surface area contributed by atoms with Crippen LogP contribution in [0.1, 0.15) is 23.4 Å². The quantitative estimate of drug-likeness (QED) is 0.732. The number of amides is 1. The first-order valence-electron chi connectivity index (χ1n) is 7.64. The van der Waals surface area contributed by atoms with Crippen LogP contribution in [0.2, 0.25) is 5.02 Å². The van der Waals surface area contributed by atoms with E-state index in [1.165, 1.54) is 0 Å². The SMILES string of the molecule is Cc1nnc(C(NC(=O)COc2ccc(Cl)cc2)c2ccccc2)o1. The van der Waals surface area contributed by atoms with Crippen LogP contribution in [-0.2, 0) is 4.79 Å². The summed E-state index contributed by atoms with van der Waals surface area (Å²) in [5, 5.41) is 11.3. The molecule has 0 saturated heterocycles. The van der Waals surface area contributed by atoms with Gasteiger partial charge in [0.05, 0.1) is 0 Å². The fourth-order valence-corrected chi connectivity index (χ4v) is 2.37. The molecule has 128 valence electrons. The maximum absolute atomic E-state index is 12.3. The molecule has 1 amide bonds.